The average molecular weight is 364 g/mol. The molecule has 0 amide bonds. The summed E-state index contributed by atoms with van der Waals surface area (Å²) in [5, 5.41) is 13.7. The number of fused-ring (bicyclic) bond motifs is 1. The summed E-state index contributed by atoms with van der Waals surface area (Å²) >= 11 is 0. The number of aryl methyl sites for hydroxylation is 1. The molecular formula is C19H24N8. The second kappa shape index (κ2) is 6.75. The van der Waals surface area contributed by atoms with Crippen LogP contribution in [0.2, 0.25) is 0 Å². The van der Waals surface area contributed by atoms with Gasteiger partial charge < -0.3 is 9.80 Å². The van der Waals surface area contributed by atoms with Crippen molar-refractivity contribution in [3.8, 4) is 0 Å². The van der Waals surface area contributed by atoms with Crippen molar-refractivity contribution in [2.45, 2.75) is 38.5 Å². The minimum absolute atomic E-state index is 0.364. The van der Waals surface area contributed by atoms with E-state index in [0.29, 0.717) is 5.92 Å². The first-order chi connectivity index (χ1) is 13.3. The molecule has 140 valence electrons. The Morgan fingerprint density at radius 2 is 1.63 bits per heavy atom. The Balaban J connectivity index is 1.35. The molecule has 0 aromatic carbocycles. The van der Waals surface area contributed by atoms with E-state index in [0.717, 1.165) is 67.8 Å². The minimum Gasteiger partial charge on any atom is -0.355 e. The van der Waals surface area contributed by atoms with Gasteiger partial charge in [0.15, 0.2) is 11.5 Å². The maximum absolute atomic E-state index is 4.86. The normalized spacial score (nSPS) is 18.6. The van der Waals surface area contributed by atoms with E-state index in [-0.39, 0.29) is 0 Å². The summed E-state index contributed by atoms with van der Waals surface area (Å²) in [6.07, 6.45) is 8.26. The number of nitrogens with zero attached hydrogens (tertiary/aromatic N) is 8. The number of hydrogen-bond acceptors (Lipinski definition) is 7. The highest BCUT2D eigenvalue weighted by molar-refractivity contribution is 5.46. The van der Waals surface area contributed by atoms with Crippen LogP contribution in [0, 0.1) is 6.92 Å². The Hall–Kier alpha value is -2.77. The zero-order valence-corrected chi connectivity index (χ0v) is 15.6. The SMILES string of the molecule is Cc1cnc(N2CCC(c3nnc4ccc(N5CCCC5)nn34)CC2)nc1. The molecule has 3 aromatic heterocycles. The largest absolute Gasteiger partial charge is 0.355 e. The van der Waals surface area contributed by atoms with E-state index in [2.05, 4.69) is 36.0 Å². The van der Waals surface area contributed by atoms with E-state index in [1.165, 1.54) is 12.8 Å². The van der Waals surface area contributed by atoms with Gasteiger partial charge in [-0.3, -0.25) is 0 Å². The lowest BCUT2D eigenvalue weighted by Crippen LogP contribution is -2.34. The van der Waals surface area contributed by atoms with Crippen molar-refractivity contribution < 1.29 is 0 Å². The Morgan fingerprint density at radius 3 is 2.37 bits per heavy atom. The molecule has 0 bridgehead atoms. The number of piperidine rings is 1. The molecule has 5 rings (SSSR count). The Labute approximate surface area is 158 Å². The van der Waals surface area contributed by atoms with Crippen LogP contribution in [0.15, 0.2) is 24.5 Å². The van der Waals surface area contributed by atoms with Crippen LogP contribution in [0.3, 0.4) is 0 Å². The van der Waals surface area contributed by atoms with Gasteiger partial charge in [-0.15, -0.1) is 15.3 Å². The third-order valence-electron chi connectivity index (χ3n) is 5.61. The molecule has 0 radical (unpaired) electrons. The smallest absolute Gasteiger partial charge is 0.225 e. The predicted molar refractivity (Wildman–Crippen MR) is 103 cm³/mol. The predicted octanol–water partition coefficient (Wildman–Crippen LogP) is 2.21. The van der Waals surface area contributed by atoms with Crippen molar-refractivity contribution in [3.63, 3.8) is 0 Å². The summed E-state index contributed by atoms with van der Waals surface area (Å²) in [6.45, 7) is 6.04. The number of rotatable bonds is 3. The number of aromatic nitrogens is 6. The van der Waals surface area contributed by atoms with Crippen molar-refractivity contribution in [1.82, 2.24) is 29.8 Å². The molecule has 0 aliphatic carbocycles. The van der Waals surface area contributed by atoms with Gasteiger partial charge >= 0.3 is 0 Å². The summed E-state index contributed by atoms with van der Waals surface area (Å²) in [5.41, 5.74) is 1.92. The van der Waals surface area contributed by atoms with Crippen molar-refractivity contribution in [2.75, 3.05) is 36.0 Å². The van der Waals surface area contributed by atoms with Gasteiger partial charge in [-0.1, -0.05) is 0 Å². The van der Waals surface area contributed by atoms with Crippen LogP contribution in [0.5, 0.6) is 0 Å². The molecule has 2 saturated heterocycles. The van der Waals surface area contributed by atoms with E-state index in [1.807, 2.05) is 29.9 Å². The summed E-state index contributed by atoms with van der Waals surface area (Å²) < 4.78 is 1.95. The van der Waals surface area contributed by atoms with Crippen LogP contribution in [0.25, 0.3) is 5.65 Å². The molecule has 2 aliphatic heterocycles. The zero-order chi connectivity index (χ0) is 18.2. The highest BCUT2D eigenvalue weighted by Gasteiger charge is 2.26. The van der Waals surface area contributed by atoms with Gasteiger partial charge in [0, 0.05) is 44.5 Å². The van der Waals surface area contributed by atoms with E-state index in [1.54, 1.807) is 0 Å². The fourth-order valence-corrected chi connectivity index (χ4v) is 4.05. The molecule has 8 nitrogen and oxygen atoms in total. The van der Waals surface area contributed by atoms with Gasteiger partial charge in [0.05, 0.1) is 0 Å². The molecule has 2 fully saturated rings. The van der Waals surface area contributed by atoms with Crippen LogP contribution < -0.4 is 9.80 Å². The lowest BCUT2D eigenvalue weighted by molar-refractivity contribution is 0.472. The van der Waals surface area contributed by atoms with Crippen molar-refractivity contribution in [2.24, 2.45) is 0 Å². The van der Waals surface area contributed by atoms with Gasteiger partial charge in [-0.25, -0.2) is 9.97 Å². The third kappa shape index (κ3) is 3.09. The molecule has 8 heteroatoms. The van der Waals surface area contributed by atoms with Crippen molar-refractivity contribution in [1.29, 1.82) is 0 Å². The minimum atomic E-state index is 0.364. The van der Waals surface area contributed by atoms with E-state index >= 15 is 0 Å². The first kappa shape index (κ1) is 16.4. The highest BCUT2D eigenvalue weighted by atomic mass is 15.4. The van der Waals surface area contributed by atoms with Crippen LogP contribution in [-0.4, -0.2) is 56.0 Å². The quantitative estimate of drug-likeness (QED) is 0.705. The van der Waals surface area contributed by atoms with E-state index in [4.69, 9.17) is 5.10 Å². The molecule has 0 unspecified atom stereocenters. The molecule has 0 saturated carbocycles. The summed E-state index contributed by atoms with van der Waals surface area (Å²) in [6, 6.07) is 4.10. The monoisotopic (exact) mass is 364 g/mol. The Kier molecular flexibility index (Phi) is 4.10. The zero-order valence-electron chi connectivity index (χ0n) is 15.6. The van der Waals surface area contributed by atoms with E-state index < -0.39 is 0 Å². The van der Waals surface area contributed by atoms with Crippen molar-refractivity contribution in [3.05, 3.63) is 35.9 Å². The van der Waals surface area contributed by atoms with Gasteiger partial charge in [-0.05, 0) is 50.3 Å². The lowest BCUT2D eigenvalue weighted by Gasteiger charge is -2.31. The molecule has 3 aromatic rings. The Bertz CT molecular complexity index is 921. The third-order valence-corrected chi connectivity index (χ3v) is 5.61. The second-order valence-electron chi connectivity index (χ2n) is 7.54. The topological polar surface area (TPSA) is 75.3 Å². The molecular weight excluding hydrogens is 340 g/mol. The molecule has 5 heterocycles. The van der Waals surface area contributed by atoms with Crippen LogP contribution in [0.1, 0.15) is 43.0 Å². The first-order valence-electron chi connectivity index (χ1n) is 9.79. The molecule has 27 heavy (non-hydrogen) atoms. The highest BCUT2D eigenvalue weighted by Crippen LogP contribution is 2.29. The maximum atomic E-state index is 4.86. The lowest BCUT2D eigenvalue weighted by atomic mass is 9.96. The second-order valence-corrected chi connectivity index (χ2v) is 7.54. The summed E-state index contributed by atoms with van der Waals surface area (Å²) in [4.78, 5) is 13.5. The molecule has 0 N–H and O–H groups in total. The van der Waals surface area contributed by atoms with Gasteiger partial charge in [0.2, 0.25) is 5.95 Å². The van der Waals surface area contributed by atoms with Crippen LogP contribution >= 0.6 is 0 Å². The maximum Gasteiger partial charge on any atom is 0.225 e. The number of hydrogen-bond donors (Lipinski definition) is 0. The molecule has 0 atom stereocenters. The fourth-order valence-electron chi connectivity index (χ4n) is 4.05. The van der Waals surface area contributed by atoms with Crippen LogP contribution in [0.4, 0.5) is 11.8 Å². The summed E-state index contributed by atoms with van der Waals surface area (Å²) in [5.74, 6) is 3.20. The average Bonchev–Trinajstić information content (AvgIpc) is 3.38. The number of anilines is 2. The van der Waals surface area contributed by atoms with E-state index in [9.17, 15) is 0 Å². The van der Waals surface area contributed by atoms with Crippen LogP contribution in [-0.2, 0) is 0 Å². The van der Waals surface area contributed by atoms with Gasteiger partial charge in [-0.2, -0.15) is 4.52 Å². The molecule has 2 aliphatic rings. The Morgan fingerprint density at radius 1 is 0.889 bits per heavy atom. The van der Waals surface area contributed by atoms with Crippen molar-refractivity contribution >= 4 is 17.4 Å². The fraction of sp³-hybridized carbons (Fsp3) is 0.526. The molecule has 0 spiro atoms. The standard InChI is InChI=1S/C19H24N8/c1-14-12-20-19(21-13-14)26-10-6-15(7-11-26)18-23-22-16-4-5-17(24-27(16)18)25-8-2-3-9-25/h4-5,12-13,15H,2-3,6-11H2,1H3. The van der Waals surface area contributed by atoms with Gasteiger partial charge in [0.25, 0.3) is 0 Å². The first-order valence-corrected chi connectivity index (χ1v) is 9.79. The summed E-state index contributed by atoms with van der Waals surface area (Å²) in [7, 11) is 0. The van der Waals surface area contributed by atoms with Gasteiger partial charge in [0.1, 0.15) is 5.82 Å².